The van der Waals surface area contributed by atoms with E-state index in [1.165, 1.54) is 0 Å². The first-order chi connectivity index (χ1) is 15.7. The minimum atomic E-state index is -4.48. The quantitative estimate of drug-likeness (QED) is 0.639. The molecule has 2 aliphatic carbocycles. The summed E-state index contributed by atoms with van der Waals surface area (Å²) in [6.07, 6.45) is 1.30. The van der Waals surface area contributed by atoms with E-state index in [1.807, 2.05) is 0 Å². The smallest absolute Gasteiger partial charge is 0.367 e. The number of anilines is 1. The maximum Gasteiger partial charge on any atom is 0.416 e. The standard InChI is InChI=1S/C24H30F4N4O/c25-21-6-3-18(24(26,27)28)14-22(21)32-11-9-31(10-12-32)8-7-16-1-4-19(5-2-16)30-23(33)20-13-17(20)15-29/h3,6,14,16-17,19-20H,1-2,4-5,7-13H2,(H,30,33). The predicted molar refractivity (Wildman–Crippen MR) is 116 cm³/mol. The van der Waals surface area contributed by atoms with E-state index in [-0.39, 0.29) is 29.5 Å². The number of halogens is 4. The van der Waals surface area contributed by atoms with E-state index in [2.05, 4.69) is 16.3 Å². The average molecular weight is 467 g/mol. The molecule has 3 aliphatic rings. The molecule has 4 rings (SSSR count). The molecule has 3 fully saturated rings. The maximum absolute atomic E-state index is 14.2. The van der Waals surface area contributed by atoms with Crippen LogP contribution in [0.5, 0.6) is 0 Å². The molecule has 1 heterocycles. The molecule has 1 aromatic rings. The number of carbonyl (C=O) groups is 1. The summed E-state index contributed by atoms with van der Waals surface area (Å²) in [7, 11) is 0. The SMILES string of the molecule is N#CC1CC1C(=O)NC1CCC(CCN2CCN(c3cc(C(F)(F)F)ccc3F)CC2)CC1. The summed E-state index contributed by atoms with van der Waals surface area (Å²) < 4.78 is 53.1. The van der Waals surface area contributed by atoms with Crippen LogP contribution in [0.1, 0.15) is 44.1 Å². The van der Waals surface area contributed by atoms with Crippen molar-refractivity contribution >= 4 is 11.6 Å². The van der Waals surface area contributed by atoms with Crippen LogP contribution >= 0.6 is 0 Å². The molecular formula is C24H30F4N4O. The molecule has 1 saturated heterocycles. The van der Waals surface area contributed by atoms with Gasteiger partial charge in [-0.15, -0.1) is 0 Å². The van der Waals surface area contributed by atoms with Gasteiger partial charge in [-0.1, -0.05) is 0 Å². The van der Waals surface area contributed by atoms with E-state index in [0.29, 0.717) is 38.5 Å². The Morgan fingerprint density at radius 2 is 1.82 bits per heavy atom. The third-order valence-corrected chi connectivity index (χ3v) is 7.33. The first-order valence-electron chi connectivity index (χ1n) is 11.8. The number of nitrogens with zero attached hydrogens (tertiary/aromatic N) is 3. The first-order valence-corrected chi connectivity index (χ1v) is 11.8. The summed E-state index contributed by atoms with van der Waals surface area (Å²) in [5, 5.41) is 12.0. The van der Waals surface area contributed by atoms with Gasteiger partial charge in [-0.05, 0) is 69.2 Å². The molecule has 0 bridgehead atoms. The topological polar surface area (TPSA) is 59.4 Å². The van der Waals surface area contributed by atoms with Crippen LogP contribution < -0.4 is 10.2 Å². The second kappa shape index (κ2) is 9.88. The number of nitriles is 1. The van der Waals surface area contributed by atoms with Crippen molar-refractivity contribution in [2.24, 2.45) is 17.8 Å². The molecular weight excluding hydrogens is 436 g/mol. The maximum atomic E-state index is 14.2. The highest BCUT2D eigenvalue weighted by molar-refractivity contribution is 5.82. The Morgan fingerprint density at radius 1 is 1.12 bits per heavy atom. The van der Waals surface area contributed by atoms with Crippen LogP contribution in [0.25, 0.3) is 0 Å². The van der Waals surface area contributed by atoms with Crippen molar-refractivity contribution in [3.63, 3.8) is 0 Å². The Kier molecular flexibility index (Phi) is 7.13. The molecule has 5 nitrogen and oxygen atoms in total. The Morgan fingerprint density at radius 3 is 2.42 bits per heavy atom. The van der Waals surface area contributed by atoms with Crippen LogP contribution in [0.2, 0.25) is 0 Å². The summed E-state index contributed by atoms with van der Waals surface area (Å²) in [5.41, 5.74) is -0.799. The fourth-order valence-electron chi connectivity index (χ4n) is 5.04. The van der Waals surface area contributed by atoms with E-state index in [9.17, 15) is 22.4 Å². The number of amides is 1. The van der Waals surface area contributed by atoms with Crippen molar-refractivity contribution < 1.29 is 22.4 Å². The van der Waals surface area contributed by atoms with E-state index < -0.39 is 17.6 Å². The molecule has 1 aliphatic heterocycles. The van der Waals surface area contributed by atoms with Crippen LogP contribution in [0.4, 0.5) is 23.2 Å². The highest BCUT2D eigenvalue weighted by atomic mass is 19.4. The Bertz CT molecular complexity index is 883. The molecule has 2 atom stereocenters. The Labute approximate surface area is 191 Å². The molecule has 0 spiro atoms. The molecule has 2 unspecified atom stereocenters. The van der Waals surface area contributed by atoms with Gasteiger partial charge in [0.1, 0.15) is 5.82 Å². The lowest BCUT2D eigenvalue weighted by Crippen LogP contribution is -2.47. The third kappa shape index (κ3) is 5.97. The van der Waals surface area contributed by atoms with Crippen LogP contribution in [0.3, 0.4) is 0 Å². The molecule has 1 N–H and O–H groups in total. The first kappa shape index (κ1) is 23.8. The van der Waals surface area contributed by atoms with Crippen molar-refractivity contribution in [3.8, 4) is 6.07 Å². The summed E-state index contributed by atoms with van der Waals surface area (Å²) in [5.74, 6) is -0.210. The van der Waals surface area contributed by atoms with Crippen molar-refractivity contribution in [1.82, 2.24) is 10.2 Å². The van der Waals surface area contributed by atoms with Gasteiger partial charge in [0.25, 0.3) is 0 Å². The molecule has 1 aromatic carbocycles. The lowest BCUT2D eigenvalue weighted by molar-refractivity contribution is -0.137. The molecule has 0 aromatic heterocycles. The van der Waals surface area contributed by atoms with Gasteiger partial charge in [0.2, 0.25) is 5.91 Å². The van der Waals surface area contributed by atoms with Gasteiger partial charge in [-0.3, -0.25) is 9.69 Å². The Balaban J connectivity index is 1.17. The average Bonchev–Trinajstić information content (AvgIpc) is 3.59. The van der Waals surface area contributed by atoms with E-state index in [0.717, 1.165) is 56.8 Å². The van der Waals surface area contributed by atoms with Crippen molar-refractivity contribution in [2.75, 3.05) is 37.6 Å². The molecule has 0 radical (unpaired) electrons. The van der Waals surface area contributed by atoms with Gasteiger partial charge < -0.3 is 10.2 Å². The van der Waals surface area contributed by atoms with Crippen molar-refractivity contribution in [3.05, 3.63) is 29.6 Å². The highest BCUT2D eigenvalue weighted by Crippen LogP contribution is 2.38. The molecule has 1 amide bonds. The van der Waals surface area contributed by atoms with Crippen molar-refractivity contribution in [2.45, 2.75) is 50.7 Å². The van der Waals surface area contributed by atoms with Gasteiger partial charge >= 0.3 is 6.18 Å². The number of carbonyl (C=O) groups excluding carboxylic acids is 1. The molecule has 33 heavy (non-hydrogen) atoms. The van der Waals surface area contributed by atoms with Gasteiger partial charge in [0.05, 0.1) is 29.2 Å². The number of hydrogen-bond donors (Lipinski definition) is 1. The number of rotatable bonds is 6. The minimum absolute atomic E-state index is 0.0251. The van der Waals surface area contributed by atoms with Crippen LogP contribution in [-0.2, 0) is 11.0 Å². The zero-order valence-corrected chi connectivity index (χ0v) is 18.6. The summed E-state index contributed by atoms with van der Waals surface area (Å²) in [6.45, 7) is 3.32. The number of hydrogen-bond acceptors (Lipinski definition) is 4. The number of nitrogens with one attached hydrogen (secondary N) is 1. The van der Waals surface area contributed by atoms with Gasteiger partial charge in [0.15, 0.2) is 0 Å². The number of benzene rings is 1. The van der Waals surface area contributed by atoms with Crippen LogP contribution in [0, 0.1) is 34.9 Å². The summed E-state index contributed by atoms with van der Waals surface area (Å²) in [6, 6.07) is 4.95. The van der Waals surface area contributed by atoms with Crippen LogP contribution in [-0.4, -0.2) is 49.6 Å². The second-order valence-corrected chi connectivity index (χ2v) is 9.59. The monoisotopic (exact) mass is 466 g/mol. The fraction of sp³-hybridized carbons (Fsp3) is 0.667. The number of piperazine rings is 1. The number of alkyl halides is 3. The summed E-state index contributed by atoms with van der Waals surface area (Å²) >= 11 is 0. The predicted octanol–water partition coefficient (Wildman–Crippen LogP) is 4.19. The lowest BCUT2D eigenvalue weighted by Gasteiger charge is -2.37. The van der Waals surface area contributed by atoms with E-state index >= 15 is 0 Å². The van der Waals surface area contributed by atoms with Gasteiger partial charge in [-0.25, -0.2) is 4.39 Å². The van der Waals surface area contributed by atoms with Gasteiger partial charge in [0, 0.05) is 32.2 Å². The zero-order chi connectivity index (χ0) is 23.6. The largest absolute Gasteiger partial charge is 0.416 e. The third-order valence-electron chi connectivity index (χ3n) is 7.33. The molecule has 180 valence electrons. The lowest BCUT2D eigenvalue weighted by atomic mass is 9.84. The molecule has 9 heteroatoms. The second-order valence-electron chi connectivity index (χ2n) is 9.59. The fourth-order valence-corrected chi connectivity index (χ4v) is 5.04. The minimum Gasteiger partial charge on any atom is -0.367 e. The van der Waals surface area contributed by atoms with Crippen LogP contribution in [0.15, 0.2) is 18.2 Å². The zero-order valence-electron chi connectivity index (χ0n) is 18.6. The van der Waals surface area contributed by atoms with E-state index in [1.54, 1.807) is 4.90 Å². The molecule has 2 saturated carbocycles. The Hall–Kier alpha value is -2.34. The van der Waals surface area contributed by atoms with E-state index in [4.69, 9.17) is 5.26 Å². The normalized spacial score (nSPS) is 28.3. The summed E-state index contributed by atoms with van der Waals surface area (Å²) in [4.78, 5) is 16.1. The van der Waals surface area contributed by atoms with Gasteiger partial charge in [-0.2, -0.15) is 18.4 Å². The van der Waals surface area contributed by atoms with Crippen molar-refractivity contribution in [1.29, 1.82) is 5.26 Å². The highest BCUT2D eigenvalue weighted by Gasteiger charge is 2.44.